The maximum absolute atomic E-state index is 5.95. The lowest BCUT2D eigenvalue weighted by molar-refractivity contribution is 0.0286. The van der Waals surface area contributed by atoms with E-state index in [2.05, 4.69) is 24.2 Å². The Labute approximate surface area is 94.2 Å². The minimum Gasteiger partial charge on any atom is -0.372 e. The van der Waals surface area contributed by atoms with E-state index in [1.54, 1.807) is 0 Å². The summed E-state index contributed by atoms with van der Waals surface area (Å²) in [6.07, 6.45) is 5.92. The molecule has 0 radical (unpaired) electrons. The van der Waals surface area contributed by atoms with Crippen molar-refractivity contribution in [2.75, 3.05) is 33.7 Å². The molecule has 1 N–H and O–H groups in total. The van der Waals surface area contributed by atoms with E-state index in [-0.39, 0.29) is 0 Å². The highest BCUT2D eigenvalue weighted by molar-refractivity contribution is 4.76. The van der Waals surface area contributed by atoms with Gasteiger partial charge in [-0.3, -0.25) is 0 Å². The Morgan fingerprint density at radius 3 is 2.73 bits per heavy atom. The van der Waals surface area contributed by atoms with Crippen LogP contribution in [0.3, 0.4) is 0 Å². The smallest absolute Gasteiger partial charge is 0.0707 e. The van der Waals surface area contributed by atoms with Gasteiger partial charge in [-0.15, -0.1) is 0 Å². The van der Waals surface area contributed by atoms with E-state index in [0.717, 1.165) is 13.1 Å². The van der Waals surface area contributed by atoms with Crippen molar-refractivity contribution in [1.82, 2.24) is 10.2 Å². The van der Waals surface area contributed by atoms with Crippen molar-refractivity contribution in [1.29, 1.82) is 0 Å². The van der Waals surface area contributed by atoms with Gasteiger partial charge in [0, 0.05) is 13.1 Å². The van der Waals surface area contributed by atoms with Crippen LogP contribution >= 0.6 is 0 Å². The molecule has 1 saturated heterocycles. The summed E-state index contributed by atoms with van der Waals surface area (Å²) in [6, 6.07) is 0. The van der Waals surface area contributed by atoms with Gasteiger partial charge >= 0.3 is 0 Å². The van der Waals surface area contributed by atoms with E-state index in [0.29, 0.717) is 12.2 Å². The zero-order chi connectivity index (χ0) is 11.1. The molecule has 90 valence electrons. The first-order valence-corrected chi connectivity index (χ1v) is 6.24. The monoisotopic (exact) mass is 214 g/mol. The van der Waals surface area contributed by atoms with Gasteiger partial charge in [0.2, 0.25) is 0 Å². The molecular formula is C12H26N2O. The molecule has 0 amide bonds. The number of rotatable bonds is 7. The molecule has 0 aromatic heterocycles. The second-order valence-corrected chi connectivity index (χ2v) is 4.63. The van der Waals surface area contributed by atoms with Gasteiger partial charge in [-0.1, -0.05) is 13.3 Å². The molecule has 1 fully saturated rings. The topological polar surface area (TPSA) is 24.5 Å². The van der Waals surface area contributed by atoms with E-state index < -0.39 is 0 Å². The quantitative estimate of drug-likeness (QED) is 0.695. The summed E-state index contributed by atoms with van der Waals surface area (Å²) in [5, 5.41) is 3.18. The molecule has 0 bridgehead atoms. The van der Waals surface area contributed by atoms with Crippen molar-refractivity contribution in [2.45, 2.75) is 44.8 Å². The largest absolute Gasteiger partial charge is 0.372 e. The average Bonchev–Trinajstić information content (AvgIpc) is 2.63. The summed E-state index contributed by atoms with van der Waals surface area (Å²) in [5.41, 5.74) is 0. The van der Waals surface area contributed by atoms with E-state index in [1.165, 1.54) is 32.2 Å². The fraction of sp³-hybridized carbons (Fsp3) is 1.00. The van der Waals surface area contributed by atoms with Crippen molar-refractivity contribution in [2.24, 2.45) is 0 Å². The number of nitrogens with zero attached hydrogens (tertiary/aromatic N) is 1. The third-order valence-corrected chi connectivity index (χ3v) is 3.04. The Hall–Kier alpha value is -0.120. The number of hydrogen-bond acceptors (Lipinski definition) is 3. The third-order valence-electron chi connectivity index (χ3n) is 3.04. The van der Waals surface area contributed by atoms with E-state index in [1.807, 2.05) is 7.05 Å². The molecule has 2 atom stereocenters. The maximum Gasteiger partial charge on any atom is 0.0707 e. The average molecular weight is 214 g/mol. The fourth-order valence-electron chi connectivity index (χ4n) is 2.16. The van der Waals surface area contributed by atoms with Crippen molar-refractivity contribution in [3.8, 4) is 0 Å². The Morgan fingerprint density at radius 1 is 1.33 bits per heavy atom. The van der Waals surface area contributed by atoms with Crippen LogP contribution in [-0.4, -0.2) is 50.8 Å². The van der Waals surface area contributed by atoms with Crippen LogP contribution in [0.5, 0.6) is 0 Å². The van der Waals surface area contributed by atoms with Crippen LogP contribution in [0, 0.1) is 0 Å². The van der Waals surface area contributed by atoms with Crippen molar-refractivity contribution < 1.29 is 4.74 Å². The molecule has 2 unspecified atom stereocenters. The minimum atomic E-state index is 0.444. The number of hydrogen-bond donors (Lipinski definition) is 1. The maximum atomic E-state index is 5.95. The lowest BCUT2D eigenvalue weighted by atomic mass is 10.2. The van der Waals surface area contributed by atoms with E-state index >= 15 is 0 Å². The first-order valence-electron chi connectivity index (χ1n) is 6.24. The van der Waals surface area contributed by atoms with Crippen LogP contribution in [0.25, 0.3) is 0 Å². The Bertz CT molecular complexity index is 164. The van der Waals surface area contributed by atoms with Crippen LogP contribution in [0.15, 0.2) is 0 Å². The second kappa shape index (κ2) is 7.20. The summed E-state index contributed by atoms with van der Waals surface area (Å²) in [6.45, 7) is 5.53. The summed E-state index contributed by atoms with van der Waals surface area (Å²) >= 11 is 0. The van der Waals surface area contributed by atoms with Gasteiger partial charge in [0.25, 0.3) is 0 Å². The highest BCUT2D eigenvalue weighted by Crippen LogP contribution is 2.19. The molecule has 1 rings (SSSR count). The lowest BCUT2D eigenvalue weighted by Gasteiger charge is -2.21. The highest BCUT2D eigenvalue weighted by atomic mass is 16.5. The number of likely N-dealkylation sites (N-methyl/N-ethyl adjacent to an activating group) is 2. The molecule has 0 aromatic carbocycles. The molecule has 1 aliphatic heterocycles. The second-order valence-electron chi connectivity index (χ2n) is 4.63. The molecule has 3 nitrogen and oxygen atoms in total. The predicted molar refractivity (Wildman–Crippen MR) is 64.2 cm³/mol. The van der Waals surface area contributed by atoms with E-state index in [9.17, 15) is 0 Å². The standard InChI is InChI=1S/C12H26N2O/c1-4-5-8-14(3)10-12-7-6-11(15-12)9-13-2/h11-13H,4-10H2,1-3H3. The van der Waals surface area contributed by atoms with Gasteiger partial charge in [-0.2, -0.15) is 0 Å². The number of nitrogens with one attached hydrogen (secondary N) is 1. The summed E-state index contributed by atoms with van der Waals surface area (Å²) < 4.78 is 5.95. The predicted octanol–water partition coefficient (Wildman–Crippen LogP) is 1.49. The van der Waals surface area contributed by atoms with Crippen LogP contribution in [0.1, 0.15) is 32.6 Å². The molecule has 0 spiro atoms. The molecule has 15 heavy (non-hydrogen) atoms. The summed E-state index contributed by atoms with van der Waals surface area (Å²) in [5.74, 6) is 0. The Morgan fingerprint density at radius 2 is 2.07 bits per heavy atom. The van der Waals surface area contributed by atoms with Gasteiger partial charge in [0.15, 0.2) is 0 Å². The molecular weight excluding hydrogens is 188 g/mol. The van der Waals surface area contributed by atoms with Gasteiger partial charge in [-0.05, 0) is 39.9 Å². The van der Waals surface area contributed by atoms with Crippen LogP contribution in [0.2, 0.25) is 0 Å². The van der Waals surface area contributed by atoms with Gasteiger partial charge in [0.1, 0.15) is 0 Å². The van der Waals surface area contributed by atoms with Crippen molar-refractivity contribution >= 4 is 0 Å². The van der Waals surface area contributed by atoms with Gasteiger partial charge in [0.05, 0.1) is 12.2 Å². The zero-order valence-electron chi connectivity index (χ0n) is 10.5. The van der Waals surface area contributed by atoms with Crippen LogP contribution in [-0.2, 0) is 4.74 Å². The van der Waals surface area contributed by atoms with Crippen molar-refractivity contribution in [3.63, 3.8) is 0 Å². The molecule has 1 heterocycles. The Kier molecular flexibility index (Phi) is 6.22. The van der Waals surface area contributed by atoms with Gasteiger partial charge in [-0.25, -0.2) is 0 Å². The highest BCUT2D eigenvalue weighted by Gasteiger charge is 2.25. The van der Waals surface area contributed by atoms with E-state index in [4.69, 9.17) is 4.74 Å². The lowest BCUT2D eigenvalue weighted by Crippen LogP contribution is -2.31. The molecule has 0 saturated carbocycles. The van der Waals surface area contributed by atoms with Crippen LogP contribution in [0.4, 0.5) is 0 Å². The summed E-state index contributed by atoms with van der Waals surface area (Å²) in [4.78, 5) is 2.40. The molecule has 0 aromatic rings. The zero-order valence-corrected chi connectivity index (χ0v) is 10.5. The Balaban J connectivity index is 2.12. The minimum absolute atomic E-state index is 0.444. The fourth-order valence-corrected chi connectivity index (χ4v) is 2.16. The first kappa shape index (κ1) is 12.9. The first-order chi connectivity index (χ1) is 7.26. The van der Waals surface area contributed by atoms with Crippen LogP contribution < -0.4 is 5.32 Å². The normalized spacial score (nSPS) is 26.4. The van der Waals surface area contributed by atoms with Crippen molar-refractivity contribution in [3.05, 3.63) is 0 Å². The van der Waals surface area contributed by atoms with Gasteiger partial charge < -0.3 is 15.0 Å². The molecule has 1 aliphatic rings. The summed E-state index contributed by atoms with van der Waals surface area (Å²) in [7, 11) is 4.19. The SMILES string of the molecule is CCCCN(C)CC1CCC(CNC)O1. The number of ether oxygens (including phenoxy) is 1. The molecule has 0 aliphatic carbocycles. The number of unbranched alkanes of at least 4 members (excludes halogenated alkanes) is 1. The third kappa shape index (κ3) is 4.96. The molecule has 3 heteroatoms.